The third-order valence-electron chi connectivity index (χ3n) is 3.20. The lowest BCUT2D eigenvalue weighted by Gasteiger charge is -2.05. The highest BCUT2D eigenvalue weighted by molar-refractivity contribution is 6.33. The minimum Gasteiger partial charge on any atom is -0.434 e. The molecule has 2 heterocycles. The Kier molecular flexibility index (Phi) is 2.68. The van der Waals surface area contributed by atoms with Crippen LogP contribution in [-0.2, 0) is 0 Å². The van der Waals surface area contributed by atoms with Gasteiger partial charge < -0.3 is 10.2 Å². The molecule has 0 aliphatic heterocycles. The van der Waals surface area contributed by atoms with Gasteiger partial charge in [0.1, 0.15) is 5.52 Å². The van der Waals surface area contributed by atoms with E-state index in [4.69, 9.17) is 21.8 Å². The van der Waals surface area contributed by atoms with Crippen LogP contribution in [0.25, 0.3) is 22.6 Å². The Hall–Kier alpha value is -2.07. The molecule has 2 N–H and O–H groups in total. The zero-order chi connectivity index (χ0) is 13.6. The lowest BCUT2D eigenvalue weighted by atomic mass is 10.1. The molecule has 1 aromatic carbocycles. The predicted octanol–water partition coefficient (Wildman–Crippen LogP) is 3.74. The van der Waals surface area contributed by atoms with Gasteiger partial charge in [0.2, 0.25) is 5.89 Å². The monoisotopic (exact) mass is 273 g/mol. The Bertz CT molecular complexity index is 720. The van der Waals surface area contributed by atoms with E-state index in [2.05, 4.69) is 9.97 Å². The molecule has 0 unspecified atom stereocenters. The van der Waals surface area contributed by atoms with Crippen LogP contribution in [0.15, 0.2) is 28.9 Å². The molecule has 0 aliphatic carbocycles. The Morgan fingerprint density at radius 1 is 1.26 bits per heavy atom. The van der Waals surface area contributed by atoms with Gasteiger partial charge in [0.05, 0.1) is 16.3 Å². The number of aryl methyl sites for hydroxylation is 1. The van der Waals surface area contributed by atoms with Crippen LogP contribution in [0.5, 0.6) is 0 Å². The van der Waals surface area contributed by atoms with E-state index < -0.39 is 0 Å². The third-order valence-corrected chi connectivity index (χ3v) is 3.76. The van der Waals surface area contributed by atoms with Crippen molar-refractivity contribution in [2.45, 2.75) is 13.8 Å². The number of oxazole rings is 1. The Morgan fingerprint density at radius 2 is 2.05 bits per heavy atom. The third kappa shape index (κ3) is 1.76. The lowest BCUT2D eigenvalue weighted by Crippen LogP contribution is -1.93. The number of pyridine rings is 1. The molecule has 0 fully saturated rings. The van der Waals surface area contributed by atoms with Crippen LogP contribution in [-0.4, -0.2) is 9.97 Å². The molecule has 0 saturated carbocycles. The summed E-state index contributed by atoms with van der Waals surface area (Å²) in [5, 5.41) is 0.635. The van der Waals surface area contributed by atoms with E-state index in [0.717, 1.165) is 16.7 Å². The quantitative estimate of drug-likeness (QED) is 0.686. The number of nitrogens with zero attached hydrogens (tertiary/aromatic N) is 2. The van der Waals surface area contributed by atoms with Crippen LogP contribution in [0.3, 0.4) is 0 Å². The Morgan fingerprint density at radius 3 is 2.74 bits per heavy atom. The van der Waals surface area contributed by atoms with E-state index in [1.165, 1.54) is 0 Å². The first-order chi connectivity index (χ1) is 9.09. The molecule has 3 aromatic rings. The fourth-order valence-electron chi connectivity index (χ4n) is 2.04. The average molecular weight is 274 g/mol. The maximum atomic E-state index is 6.24. The molecule has 0 atom stereocenters. The highest BCUT2D eigenvalue weighted by Crippen LogP contribution is 2.36. The number of hydrogen-bond acceptors (Lipinski definition) is 4. The van der Waals surface area contributed by atoms with Gasteiger partial charge >= 0.3 is 0 Å². The van der Waals surface area contributed by atoms with Crippen LogP contribution in [0.1, 0.15) is 11.1 Å². The van der Waals surface area contributed by atoms with Crippen molar-refractivity contribution in [3.05, 3.63) is 40.7 Å². The van der Waals surface area contributed by atoms with Crippen molar-refractivity contribution >= 4 is 28.4 Å². The molecule has 96 valence electrons. The maximum absolute atomic E-state index is 6.24. The van der Waals surface area contributed by atoms with Crippen molar-refractivity contribution in [1.29, 1.82) is 0 Å². The Labute approximate surface area is 115 Å². The summed E-state index contributed by atoms with van der Waals surface area (Å²) in [5.74, 6) is 0.500. The van der Waals surface area contributed by atoms with Crippen LogP contribution in [0.4, 0.5) is 5.69 Å². The van der Waals surface area contributed by atoms with E-state index in [0.29, 0.717) is 27.7 Å². The largest absolute Gasteiger partial charge is 0.434 e. The second kappa shape index (κ2) is 4.24. The van der Waals surface area contributed by atoms with Crippen LogP contribution in [0.2, 0.25) is 5.02 Å². The van der Waals surface area contributed by atoms with Gasteiger partial charge in [-0.1, -0.05) is 11.6 Å². The second-order valence-electron chi connectivity index (χ2n) is 4.42. The van der Waals surface area contributed by atoms with Crippen LogP contribution >= 0.6 is 11.6 Å². The minimum absolute atomic E-state index is 0.500. The van der Waals surface area contributed by atoms with Gasteiger partial charge in [-0.25, -0.2) is 4.98 Å². The number of nitrogen functional groups attached to an aromatic ring is 1. The van der Waals surface area contributed by atoms with Crippen LogP contribution in [0, 0.1) is 13.8 Å². The molecule has 0 amide bonds. The van der Waals surface area contributed by atoms with Gasteiger partial charge in [-0.2, -0.15) is 0 Å². The average Bonchev–Trinajstić information content (AvgIpc) is 2.89. The van der Waals surface area contributed by atoms with E-state index in [1.54, 1.807) is 12.4 Å². The normalized spacial score (nSPS) is 11.1. The van der Waals surface area contributed by atoms with Crippen molar-refractivity contribution in [2.75, 3.05) is 5.73 Å². The number of halogens is 1. The number of hydrogen-bond donors (Lipinski definition) is 1. The first-order valence-electron chi connectivity index (χ1n) is 5.84. The number of fused-ring (bicyclic) bond motifs is 1. The number of rotatable bonds is 1. The van der Waals surface area contributed by atoms with E-state index in [1.807, 2.05) is 26.0 Å². The first kappa shape index (κ1) is 12.0. The maximum Gasteiger partial charge on any atom is 0.229 e. The topological polar surface area (TPSA) is 64.9 Å². The van der Waals surface area contributed by atoms with Crippen molar-refractivity contribution in [2.24, 2.45) is 0 Å². The summed E-state index contributed by atoms with van der Waals surface area (Å²) in [7, 11) is 0. The van der Waals surface area contributed by atoms with Gasteiger partial charge in [-0.3, -0.25) is 4.98 Å². The van der Waals surface area contributed by atoms with E-state index in [-0.39, 0.29) is 0 Å². The molecule has 0 bridgehead atoms. The summed E-state index contributed by atoms with van der Waals surface area (Å²) in [6, 6.07) is 3.72. The molecule has 0 saturated heterocycles. The number of aromatic nitrogens is 2. The Balaban J connectivity index is 2.33. The number of nitrogens with two attached hydrogens (primary N) is 1. The minimum atomic E-state index is 0.500. The number of benzene rings is 1. The van der Waals surface area contributed by atoms with Crippen molar-refractivity contribution in [3.63, 3.8) is 0 Å². The summed E-state index contributed by atoms with van der Waals surface area (Å²) in [4.78, 5) is 8.53. The number of anilines is 1. The fourth-order valence-corrected chi connectivity index (χ4v) is 2.23. The van der Waals surface area contributed by atoms with Gasteiger partial charge in [0.15, 0.2) is 5.58 Å². The molecule has 0 radical (unpaired) electrons. The molecule has 4 nitrogen and oxygen atoms in total. The van der Waals surface area contributed by atoms with E-state index in [9.17, 15) is 0 Å². The molecule has 19 heavy (non-hydrogen) atoms. The lowest BCUT2D eigenvalue weighted by molar-refractivity contribution is 0.620. The highest BCUT2D eigenvalue weighted by Gasteiger charge is 2.17. The molecule has 3 rings (SSSR count). The van der Waals surface area contributed by atoms with Gasteiger partial charge in [-0.15, -0.1) is 0 Å². The molecular formula is C14H12ClN3O. The van der Waals surface area contributed by atoms with Gasteiger partial charge in [-0.05, 0) is 37.1 Å². The molecule has 0 aliphatic rings. The summed E-state index contributed by atoms with van der Waals surface area (Å²) >= 11 is 6.24. The van der Waals surface area contributed by atoms with Crippen molar-refractivity contribution in [1.82, 2.24) is 9.97 Å². The standard InChI is InChI=1S/C14H12ClN3O/c1-7-10(15)8(2)12-13(11(7)16)19-14(18-12)9-4-3-5-17-6-9/h3-6H,16H2,1-2H3. The molecule has 0 spiro atoms. The van der Waals surface area contributed by atoms with Crippen molar-refractivity contribution in [3.8, 4) is 11.5 Å². The molecule has 2 aromatic heterocycles. The summed E-state index contributed by atoms with van der Waals surface area (Å²) in [6.07, 6.45) is 3.40. The highest BCUT2D eigenvalue weighted by atomic mass is 35.5. The van der Waals surface area contributed by atoms with Gasteiger partial charge in [0, 0.05) is 12.4 Å². The summed E-state index contributed by atoms with van der Waals surface area (Å²) in [6.45, 7) is 3.78. The summed E-state index contributed by atoms with van der Waals surface area (Å²) in [5.41, 5.74) is 10.4. The SMILES string of the molecule is Cc1c(Cl)c(C)c2nc(-c3cccnc3)oc2c1N. The smallest absolute Gasteiger partial charge is 0.229 e. The first-order valence-corrected chi connectivity index (χ1v) is 6.22. The molecule has 5 heteroatoms. The predicted molar refractivity (Wildman–Crippen MR) is 76.1 cm³/mol. The summed E-state index contributed by atoms with van der Waals surface area (Å²) < 4.78 is 5.77. The second-order valence-corrected chi connectivity index (χ2v) is 4.79. The van der Waals surface area contributed by atoms with E-state index >= 15 is 0 Å². The molecular weight excluding hydrogens is 262 g/mol. The zero-order valence-electron chi connectivity index (χ0n) is 10.6. The van der Waals surface area contributed by atoms with Gasteiger partial charge in [0.25, 0.3) is 0 Å². The van der Waals surface area contributed by atoms with Crippen molar-refractivity contribution < 1.29 is 4.42 Å². The van der Waals surface area contributed by atoms with Crippen LogP contribution < -0.4 is 5.73 Å². The zero-order valence-corrected chi connectivity index (χ0v) is 11.3. The fraction of sp³-hybridized carbons (Fsp3) is 0.143.